The van der Waals surface area contributed by atoms with Gasteiger partial charge in [-0.1, -0.05) is 34.6 Å². The van der Waals surface area contributed by atoms with Gasteiger partial charge in [-0.3, -0.25) is 0 Å². The summed E-state index contributed by atoms with van der Waals surface area (Å²) < 4.78 is 6.25. The van der Waals surface area contributed by atoms with Crippen LogP contribution in [0, 0.1) is 11.3 Å². The van der Waals surface area contributed by atoms with Crippen molar-refractivity contribution in [3.05, 3.63) is 0 Å². The summed E-state index contributed by atoms with van der Waals surface area (Å²) in [6.45, 7) is 19.8. The van der Waals surface area contributed by atoms with Crippen LogP contribution in [0.25, 0.3) is 0 Å². The second-order valence-electron chi connectivity index (χ2n) is 6.73. The van der Waals surface area contributed by atoms with Crippen molar-refractivity contribution in [3.63, 3.8) is 0 Å². The standard InChI is InChI=1S/C13H28O/c1-10(2)13(9,11(3,4)5)14-12(6,7)8/h10H,1-9H3. The largest absolute Gasteiger partial charge is 0.369 e. The quantitative estimate of drug-likeness (QED) is 0.647. The van der Waals surface area contributed by atoms with E-state index in [1.54, 1.807) is 0 Å². The first-order valence-corrected chi connectivity index (χ1v) is 5.60. The summed E-state index contributed by atoms with van der Waals surface area (Å²) in [5.41, 5.74) is 0.00595. The fourth-order valence-corrected chi connectivity index (χ4v) is 1.77. The van der Waals surface area contributed by atoms with Gasteiger partial charge in [0.05, 0.1) is 11.2 Å². The molecule has 14 heavy (non-hydrogen) atoms. The van der Waals surface area contributed by atoms with Gasteiger partial charge >= 0.3 is 0 Å². The zero-order valence-corrected chi connectivity index (χ0v) is 11.5. The monoisotopic (exact) mass is 200 g/mol. The van der Waals surface area contributed by atoms with E-state index in [9.17, 15) is 0 Å². The molecule has 86 valence electrons. The van der Waals surface area contributed by atoms with Gasteiger partial charge in [0.2, 0.25) is 0 Å². The molecule has 0 bridgehead atoms. The van der Waals surface area contributed by atoms with Crippen molar-refractivity contribution in [2.75, 3.05) is 0 Å². The van der Waals surface area contributed by atoms with Crippen molar-refractivity contribution >= 4 is 0 Å². The van der Waals surface area contributed by atoms with Crippen LogP contribution in [-0.2, 0) is 4.74 Å². The van der Waals surface area contributed by atoms with Crippen LogP contribution in [0.4, 0.5) is 0 Å². The molecule has 0 aromatic rings. The Morgan fingerprint density at radius 3 is 1.21 bits per heavy atom. The molecule has 1 heteroatoms. The number of hydrogen-bond donors (Lipinski definition) is 0. The lowest BCUT2D eigenvalue weighted by atomic mass is 9.70. The third kappa shape index (κ3) is 3.27. The highest BCUT2D eigenvalue weighted by atomic mass is 16.5. The van der Waals surface area contributed by atoms with Crippen LogP contribution in [0.2, 0.25) is 0 Å². The van der Waals surface area contributed by atoms with E-state index in [2.05, 4.69) is 62.3 Å². The van der Waals surface area contributed by atoms with Crippen molar-refractivity contribution in [1.82, 2.24) is 0 Å². The minimum atomic E-state index is -0.0781. The Kier molecular flexibility index (Phi) is 3.83. The van der Waals surface area contributed by atoms with Gasteiger partial charge in [-0.15, -0.1) is 0 Å². The maximum Gasteiger partial charge on any atom is 0.0732 e. The molecular weight excluding hydrogens is 172 g/mol. The van der Waals surface area contributed by atoms with Crippen molar-refractivity contribution in [2.45, 2.75) is 73.5 Å². The molecule has 0 aromatic heterocycles. The molecule has 0 aliphatic rings. The molecule has 0 saturated carbocycles. The third-order valence-corrected chi connectivity index (χ3v) is 3.11. The summed E-state index contributed by atoms with van der Waals surface area (Å²) in [6.07, 6.45) is 0. The van der Waals surface area contributed by atoms with Gasteiger partial charge in [0.15, 0.2) is 0 Å². The topological polar surface area (TPSA) is 9.23 Å². The molecule has 0 N–H and O–H groups in total. The van der Waals surface area contributed by atoms with Crippen molar-refractivity contribution in [3.8, 4) is 0 Å². The zero-order valence-electron chi connectivity index (χ0n) is 11.5. The first-order valence-electron chi connectivity index (χ1n) is 5.60. The minimum absolute atomic E-state index is 0.0771. The fraction of sp³-hybridized carbons (Fsp3) is 1.00. The highest BCUT2D eigenvalue weighted by Crippen LogP contribution is 2.41. The highest BCUT2D eigenvalue weighted by molar-refractivity contribution is 4.92. The van der Waals surface area contributed by atoms with Gasteiger partial charge in [0, 0.05) is 0 Å². The highest BCUT2D eigenvalue weighted by Gasteiger charge is 2.43. The lowest BCUT2D eigenvalue weighted by Crippen LogP contribution is -2.51. The fourth-order valence-electron chi connectivity index (χ4n) is 1.77. The Morgan fingerprint density at radius 2 is 1.14 bits per heavy atom. The number of hydrogen-bond acceptors (Lipinski definition) is 1. The van der Waals surface area contributed by atoms with Gasteiger partial charge in [-0.2, -0.15) is 0 Å². The zero-order chi connectivity index (χ0) is 11.8. The van der Waals surface area contributed by atoms with Crippen molar-refractivity contribution < 1.29 is 4.74 Å². The van der Waals surface area contributed by atoms with Crippen molar-refractivity contribution in [2.24, 2.45) is 11.3 Å². The molecule has 0 spiro atoms. The summed E-state index contributed by atoms with van der Waals surface area (Å²) >= 11 is 0. The summed E-state index contributed by atoms with van der Waals surface area (Å²) in [5.74, 6) is 0.515. The van der Waals surface area contributed by atoms with Crippen LogP contribution in [0.3, 0.4) is 0 Å². The van der Waals surface area contributed by atoms with Crippen LogP contribution >= 0.6 is 0 Å². The molecule has 0 saturated heterocycles. The minimum Gasteiger partial charge on any atom is -0.369 e. The molecule has 1 atom stereocenters. The van der Waals surface area contributed by atoms with Crippen LogP contribution in [0.5, 0.6) is 0 Å². The second-order valence-corrected chi connectivity index (χ2v) is 6.73. The molecule has 1 nitrogen and oxygen atoms in total. The van der Waals surface area contributed by atoms with E-state index >= 15 is 0 Å². The normalized spacial score (nSPS) is 18.4. The van der Waals surface area contributed by atoms with Crippen LogP contribution in [0.15, 0.2) is 0 Å². The average molecular weight is 200 g/mol. The predicted molar refractivity (Wildman–Crippen MR) is 63.5 cm³/mol. The molecule has 1 unspecified atom stereocenters. The maximum absolute atomic E-state index is 6.25. The summed E-state index contributed by atoms with van der Waals surface area (Å²) in [5, 5.41) is 0. The van der Waals surface area contributed by atoms with E-state index in [-0.39, 0.29) is 16.6 Å². The molecule has 0 amide bonds. The molecule has 0 radical (unpaired) electrons. The summed E-state index contributed by atoms with van der Waals surface area (Å²) in [4.78, 5) is 0. The van der Waals surface area contributed by atoms with Crippen LogP contribution in [0.1, 0.15) is 62.3 Å². The molecule has 0 aliphatic heterocycles. The molecule has 0 fully saturated rings. The lowest BCUT2D eigenvalue weighted by Gasteiger charge is -2.48. The lowest BCUT2D eigenvalue weighted by molar-refractivity contribution is -0.195. The van der Waals surface area contributed by atoms with Gasteiger partial charge in [0.1, 0.15) is 0 Å². The Balaban J connectivity index is 4.94. The molecular formula is C13H28O. The summed E-state index contributed by atoms with van der Waals surface area (Å²) in [6, 6.07) is 0. The van der Waals surface area contributed by atoms with E-state index in [1.165, 1.54) is 0 Å². The first kappa shape index (κ1) is 14.0. The Bertz CT molecular complexity index is 180. The SMILES string of the molecule is CC(C)C(C)(OC(C)(C)C)C(C)(C)C. The molecule has 0 heterocycles. The van der Waals surface area contributed by atoms with E-state index < -0.39 is 0 Å². The third-order valence-electron chi connectivity index (χ3n) is 3.11. The van der Waals surface area contributed by atoms with E-state index in [4.69, 9.17) is 4.74 Å². The average Bonchev–Trinajstić information content (AvgIpc) is 1.79. The van der Waals surface area contributed by atoms with Crippen LogP contribution < -0.4 is 0 Å². The van der Waals surface area contributed by atoms with Gasteiger partial charge < -0.3 is 4.74 Å². The number of ether oxygens (including phenoxy) is 1. The van der Waals surface area contributed by atoms with E-state index in [0.29, 0.717) is 5.92 Å². The smallest absolute Gasteiger partial charge is 0.0732 e. The molecule has 0 rings (SSSR count). The Labute approximate surface area is 90.2 Å². The van der Waals surface area contributed by atoms with Gasteiger partial charge in [-0.05, 0) is 39.0 Å². The van der Waals surface area contributed by atoms with E-state index in [1.807, 2.05) is 0 Å². The van der Waals surface area contributed by atoms with E-state index in [0.717, 1.165) is 0 Å². The van der Waals surface area contributed by atoms with Crippen LogP contribution in [-0.4, -0.2) is 11.2 Å². The Hall–Kier alpha value is -0.0400. The maximum atomic E-state index is 6.25. The molecule has 0 aromatic carbocycles. The Morgan fingerprint density at radius 1 is 0.786 bits per heavy atom. The van der Waals surface area contributed by atoms with Gasteiger partial charge in [-0.25, -0.2) is 0 Å². The number of rotatable bonds is 2. The predicted octanol–water partition coefficient (Wildman–Crippen LogP) is 4.26. The first-order chi connectivity index (χ1) is 5.90. The van der Waals surface area contributed by atoms with Crippen molar-refractivity contribution in [1.29, 1.82) is 0 Å². The summed E-state index contributed by atoms with van der Waals surface area (Å²) in [7, 11) is 0. The second kappa shape index (κ2) is 3.84. The van der Waals surface area contributed by atoms with Gasteiger partial charge in [0.25, 0.3) is 0 Å². The molecule has 0 aliphatic carbocycles.